The van der Waals surface area contributed by atoms with Crippen LogP contribution in [0, 0.1) is 0 Å². The Morgan fingerprint density at radius 2 is 1.07 bits per heavy atom. The van der Waals surface area contributed by atoms with Crippen molar-refractivity contribution in [2.24, 2.45) is 4.99 Å². The van der Waals surface area contributed by atoms with Gasteiger partial charge in [0.2, 0.25) is 0 Å². The van der Waals surface area contributed by atoms with Gasteiger partial charge in [0, 0.05) is 22.8 Å². The second-order valence-electron chi connectivity index (χ2n) is 10.2. The van der Waals surface area contributed by atoms with Gasteiger partial charge in [-0.2, -0.15) is 26.3 Å². The van der Waals surface area contributed by atoms with Crippen molar-refractivity contribution in [2.75, 3.05) is 0 Å². The number of alkyl halides is 6. The topological polar surface area (TPSA) is 32.6 Å². The van der Waals surface area contributed by atoms with Crippen molar-refractivity contribution in [1.29, 1.82) is 0 Å². The molecule has 0 amide bonds. The third kappa shape index (κ3) is 8.12. The molecule has 1 N–H and O–H groups in total. The summed E-state index contributed by atoms with van der Waals surface area (Å²) in [6.07, 6.45) is -8.92. The van der Waals surface area contributed by atoms with Gasteiger partial charge < -0.3 is 5.11 Å². The van der Waals surface area contributed by atoms with Gasteiger partial charge in [-0.25, -0.2) is 0 Å². The van der Waals surface area contributed by atoms with Gasteiger partial charge in [0.1, 0.15) is 5.75 Å². The van der Waals surface area contributed by atoms with Gasteiger partial charge in [-0.05, 0) is 47.4 Å². The van der Waals surface area contributed by atoms with Crippen LogP contribution in [0.1, 0.15) is 40.3 Å². The molecule has 0 heterocycles. The van der Waals surface area contributed by atoms with Gasteiger partial charge in [0.15, 0.2) is 0 Å². The summed E-state index contributed by atoms with van der Waals surface area (Å²) >= 11 is -0.826. The van der Waals surface area contributed by atoms with Crippen molar-refractivity contribution in [3.63, 3.8) is 0 Å². The fraction of sp³-hybridized carbons (Fsp3) is 0.114. The third-order valence-electron chi connectivity index (χ3n) is 7.46. The van der Waals surface area contributed by atoms with E-state index in [1.807, 2.05) is 67.6 Å². The molecule has 0 bridgehead atoms. The molecule has 0 radical (unpaired) electrons. The van der Waals surface area contributed by atoms with Crippen molar-refractivity contribution in [1.82, 2.24) is 0 Å². The van der Waals surface area contributed by atoms with Crippen LogP contribution in [-0.4, -0.2) is 11.3 Å². The van der Waals surface area contributed by atoms with Crippen molar-refractivity contribution in [3.8, 4) is 16.9 Å². The Morgan fingerprint density at radius 3 is 1.50 bits per heavy atom. The molecule has 5 aromatic carbocycles. The average molecular weight is 752 g/mol. The number of hydrogen-bond donors (Lipinski definition) is 1. The summed E-state index contributed by atoms with van der Waals surface area (Å²) in [7, 11) is 9.87. The minimum absolute atomic E-state index is 0.0532. The van der Waals surface area contributed by atoms with Crippen LogP contribution in [0.5, 0.6) is 5.75 Å². The summed E-state index contributed by atoms with van der Waals surface area (Å²) in [5.41, 5.74) is -0.876. The first-order chi connectivity index (χ1) is 21.8. The Balaban J connectivity index is 0.00000154. The number of phenols is 1. The molecule has 0 saturated carbocycles. The maximum absolute atomic E-state index is 13.5. The maximum atomic E-state index is 13.5. The van der Waals surface area contributed by atoms with E-state index in [2.05, 4.69) is 4.99 Å². The number of phenolic OH excluding ortho intramolecular Hbond substituents is 1. The van der Waals surface area contributed by atoms with E-state index in [1.165, 1.54) is 0 Å². The number of halogens is 8. The van der Waals surface area contributed by atoms with Crippen LogP contribution in [-0.2, 0) is 38.6 Å². The molecule has 46 heavy (non-hydrogen) atoms. The van der Waals surface area contributed by atoms with Crippen LogP contribution in [0.15, 0.2) is 126 Å². The van der Waals surface area contributed by atoms with Gasteiger partial charge in [-0.1, -0.05) is 103 Å². The zero-order valence-corrected chi connectivity index (χ0v) is 28.0. The van der Waals surface area contributed by atoms with Crippen LogP contribution in [0.2, 0.25) is 0 Å². The van der Waals surface area contributed by atoms with Crippen LogP contribution in [0.4, 0.5) is 32.0 Å². The quantitative estimate of drug-likeness (QED) is 0.105. The van der Waals surface area contributed by atoms with Gasteiger partial charge in [-0.3, -0.25) is 4.99 Å². The molecule has 0 atom stereocenters. The van der Waals surface area contributed by atoms with E-state index in [9.17, 15) is 31.4 Å². The van der Waals surface area contributed by atoms with Gasteiger partial charge in [0.25, 0.3) is 0 Å². The second kappa shape index (κ2) is 15.0. The monoisotopic (exact) mass is 749 g/mol. The number of aliphatic imine (C=N–C) groups is 1. The van der Waals surface area contributed by atoms with Crippen LogP contribution in [0.25, 0.3) is 11.1 Å². The minimum atomic E-state index is -5.02. The first-order valence-corrected chi connectivity index (χ1v) is 20.0. The zero-order chi connectivity index (χ0) is 33.5. The molecule has 0 fully saturated rings. The Bertz CT molecular complexity index is 1710. The van der Waals surface area contributed by atoms with Crippen molar-refractivity contribution in [3.05, 3.63) is 155 Å². The van der Waals surface area contributed by atoms with E-state index >= 15 is 0 Å². The van der Waals surface area contributed by atoms with E-state index in [-0.39, 0.29) is 17.4 Å². The molecule has 5 aromatic rings. The van der Waals surface area contributed by atoms with Gasteiger partial charge in [-0.15, -0.1) is 0 Å². The van der Waals surface area contributed by atoms with Crippen molar-refractivity contribution in [2.45, 2.75) is 24.7 Å². The molecule has 0 aromatic heterocycles. The summed E-state index contributed by atoms with van der Waals surface area (Å²) < 4.78 is 81.0. The molecule has 0 unspecified atom stereocenters. The molecule has 0 saturated heterocycles. The van der Waals surface area contributed by atoms with Crippen LogP contribution >= 0.6 is 17.0 Å². The van der Waals surface area contributed by atoms with Gasteiger partial charge >= 0.3 is 50.2 Å². The predicted octanol–water partition coefficient (Wildman–Crippen LogP) is 11.6. The van der Waals surface area contributed by atoms with Crippen LogP contribution in [0.3, 0.4) is 0 Å². The number of nitrogens with zero attached hydrogens (tertiary/aromatic N) is 1. The molecule has 2 nitrogen and oxygen atoms in total. The molecule has 0 aliphatic carbocycles. The molecule has 0 aliphatic heterocycles. The summed E-state index contributed by atoms with van der Waals surface area (Å²) in [5.74, 6) is -0.205. The Kier molecular flexibility index (Phi) is 11.6. The fourth-order valence-corrected chi connectivity index (χ4v) is 5.18. The van der Waals surface area contributed by atoms with Crippen molar-refractivity contribution >= 4 is 28.9 Å². The molecular weight excluding hydrogens is 727 g/mol. The Hall–Kier alpha value is -3.39. The summed E-state index contributed by atoms with van der Waals surface area (Å²) in [5, 5.41) is 11.9. The normalized spacial score (nSPS) is 12.0. The summed E-state index contributed by atoms with van der Waals surface area (Å²) in [6, 6.07) is 32.6. The van der Waals surface area contributed by atoms with E-state index in [0.717, 1.165) is 17.3 Å². The first-order valence-electron chi connectivity index (χ1n) is 13.6. The molecule has 0 aliphatic rings. The molecule has 0 spiro atoms. The summed E-state index contributed by atoms with van der Waals surface area (Å²) in [6.45, 7) is 1.94. The Morgan fingerprint density at radius 1 is 0.630 bits per heavy atom. The first kappa shape index (κ1) is 35.5. The summed E-state index contributed by atoms with van der Waals surface area (Å²) in [4.78, 5) is 4.06. The van der Waals surface area contributed by atoms with Crippen molar-refractivity contribution < 1.29 is 52.3 Å². The predicted molar refractivity (Wildman–Crippen MR) is 167 cm³/mol. The van der Waals surface area contributed by atoms with Gasteiger partial charge in [0.05, 0.1) is 16.8 Å². The number of hydrogen-bond acceptors (Lipinski definition) is 2. The third-order valence-corrected chi connectivity index (χ3v) is 7.46. The van der Waals surface area contributed by atoms with E-state index in [0.29, 0.717) is 28.8 Å². The SMILES string of the molecule is CC(c1ccccc1)(c1ccccc1)c1ccc(-c2ccccc2)c(C=Nc2cc(C(F)(F)F)cc(C(F)(F)F)c2)c1O.[Cl][Zr][Cl]. The van der Waals surface area contributed by atoms with E-state index in [4.69, 9.17) is 17.0 Å². The zero-order valence-electron chi connectivity index (χ0n) is 24.0. The number of benzene rings is 5. The number of aromatic hydroxyl groups is 1. The Labute approximate surface area is 281 Å². The standard InChI is InChI=1S/C35H25F6NO.2ClH.Zr/c1-33(24-13-7-3-8-14-24,25-15-9-4-10-16-25)31-18-17-29(23-11-5-2-6-12-23)30(32(31)43)22-42-28-20-26(34(36,37)38)19-27(21-28)35(39,40)41;;;/h2-22,43H,1H3;2*1H;/q;;;+2/p-2. The van der Waals surface area contributed by atoms with E-state index < -0.39 is 55.4 Å². The molecule has 11 heteroatoms. The molecular formula is C35H25Cl2F6NOZr. The average Bonchev–Trinajstić information content (AvgIpc) is 3.04. The molecule has 236 valence electrons. The number of rotatable bonds is 6. The fourth-order valence-electron chi connectivity index (χ4n) is 5.18. The second-order valence-corrected chi connectivity index (χ2v) is 14.0. The molecule has 5 rings (SSSR count). The van der Waals surface area contributed by atoms with Crippen LogP contribution < -0.4 is 0 Å². The van der Waals surface area contributed by atoms with E-state index in [1.54, 1.807) is 42.5 Å².